The van der Waals surface area contributed by atoms with Gasteiger partial charge in [0.05, 0.1) is 18.7 Å². The van der Waals surface area contributed by atoms with Crippen molar-refractivity contribution in [1.82, 2.24) is 24.4 Å². The van der Waals surface area contributed by atoms with Crippen LogP contribution >= 0.6 is 0 Å². The Kier molecular flexibility index (Phi) is 4.94. The van der Waals surface area contributed by atoms with E-state index in [9.17, 15) is 13.2 Å². The van der Waals surface area contributed by atoms with Crippen molar-refractivity contribution in [3.05, 3.63) is 12.2 Å². The standard InChI is InChI=1S/C12H21N5O3S/c1-3-16-9-14-15-11(16)7-13-12(18)10-5-4-6-17(8-10)21(2,19)20/h9-10H,3-8H2,1-2H3,(H,13,18). The number of nitrogens with one attached hydrogen (secondary N) is 1. The SMILES string of the molecule is CCn1cnnc1CNC(=O)C1CCCN(S(C)(=O)=O)C1. The number of aromatic nitrogens is 3. The summed E-state index contributed by atoms with van der Waals surface area (Å²) in [5.41, 5.74) is 0. The van der Waals surface area contributed by atoms with Crippen LogP contribution in [0.1, 0.15) is 25.6 Å². The summed E-state index contributed by atoms with van der Waals surface area (Å²) in [6.07, 6.45) is 4.21. The maximum Gasteiger partial charge on any atom is 0.224 e. The van der Waals surface area contributed by atoms with Crippen LogP contribution in [0.5, 0.6) is 0 Å². The van der Waals surface area contributed by atoms with Crippen LogP contribution in [0.4, 0.5) is 0 Å². The minimum Gasteiger partial charge on any atom is -0.349 e. The fourth-order valence-electron chi connectivity index (χ4n) is 2.45. The maximum atomic E-state index is 12.2. The Morgan fingerprint density at radius 2 is 2.29 bits per heavy atom. The summed E-state index contributed by atoms with van der Waals surface area (Å²) in [4.78, 5) is 12.2. The molecule has 0 bridgehead atoms. The monoisotopic (exact) mass is 315 g/mol. The Bertz CT molecular complexity index is 598. The maximum absolute atomic E-state index is 12.2. The van der Waals surface area contributed by atoms with Gasteiger partial charge in [-0.05, 0) is 19.8 Å². The summed E-state index contributed by atoms with van der Waals surface area (Å²) in [7, 11) is -3.23. The van der Waals surface area contributed by atoms with Crippen molar-refractivity contribution >= 4 is 15.9 Å². The first-order chi connectivity index (χ1) is 9.91. The molecule has 118 valence electrons. The van der Waals surface area contributed by atoms with Gasteiger partial charge < -0.3 is 9.88 Å². The molecule has 2 heterocycles. The molecule has 0 aromatic carbocycles. The summed E-state index contributed by atoms with van der Waals surface area (Å²) >= 11 is 0. The minimum atomic E-state index is -3.23. The minimum absolute atomic E-state index is 0.131. The van der Waals surface area contributed by atoms with Crippen LogP contribution in [0, 0.1) is 5.92 Å². The highest BCUT2D eigenvalue weighted by Crippen LogP contribution is 2.18. The van der Waals surface area contributed by atoms with Gasteiger partial charge in [0.1, 0.15) is 6.33 Å². The summed E-state index contributed by atoms with van der Waals surface area (Å²) in [5.74, 6) is 0.266. The predicted molar refractivity (Wildman–Crippen MR) is 76.7 cm³/mol. The Hall–Kier alpha value is -1.48. The first kappa shape index (κ1) is 15.9. The molecule has 1 aromatic heterocycles. The van der Waals surface area contributed by atoms with Gasteiger partial charge in [0.25, 0.3) is 0 Å². The van der Waals surface area contributed by atoms with E-state index < -0.39 is 10.0 Å². The van der Waals surface area contributed by atoms with Gasteiger partial charge in [-0.2, -0.15) is 0 Å². The van der Waals surface area contributed by atoms with E-state index in [2.05, 4.69) is 15.5 Å². The molecule has 21 heavy (non-hydrogen) atoms. The van der Waals surface area contributed by atoms with Crippen LogP contribution in [0.25, 0.3) is 0 Å². The second kappa shape index (κ2) is 6.52. The number of hydrogen-bond donors (Lipinski definition) is 1. The molecule has 1 aliphatic rings. The first-order valence-corrected chi connectivity index (χ1v) is 8.86. The van der Waals surface area contributed by atoms with Gasteiger partial charge in [-0.15, -0.1) is 10.2 Å². The lowest BCUT2D eigenvalue weighted by Gasteiger charge is -2.30. The smallest absolute Gasteiger partial charge is 0.224 e. The quantitative estimate of drug-likeness (QED) is 0.796. The largest absolute Gasteiger partial charge is 0.349 e. The molecule has 9 heteroatoms. The second-order valence-electron chi connectivity index (χ2n) is 5.21. The van der Waals surface area contributed by atoms with E-state index in [1.807, 2.05) is 11.5 Å². The lowest BCUT2D eigenvalue weighted by atomic mass is 9.99. The Balaban J connectivity index is 1.91. The number of nitrogens with zero attached hydrogens (tertiary/aromatic N) is 4. The lowest BCUT2D eigenvalue weighted by Crippen LogP contribution is -2.45. The highest BCUT2D eigenvalue weighted by atomic mass is 32.2. The topological polar surface area (TPSA) is 97.2 Å². The summed E-state index contributed by atoms with van der Waals surface area (Å²) in [6, 6.07) is 0. The Labute approximate surface area is 124 Å². The first-order valence-electron chi connectivity index (χ1n) is 7.01. The van der Waals surface area contributed by atoms with Crippen LogP contribution in [0.3, 0.4) is 0 Å². The third-order valence-electron chi connectivity index (χ3n) is 3.68. The van der Waals surface area contributed by atoms with Crippen molar-refractivity contribution in [2.45, 2.75) is 32.9 Å². The number of rotatable bonds is 5. The van der Waals surface area contributed by atoms with E-state index in [0.717, 1.165) is 6.54 Å². The molecule has 1 saturated heterocycles. The molecule has 1 N–H and O–H groups in total. The van der Waals surface area contributed by atoms with Crippen molar-refractivity contribution in [2.24, 2.45) is 5.92 Å². The second-order valence-corrected chi connectivity index (χ2v) is 7.19. The number of carbonyl (C=O) groups is 1. The third-order valence-corrected chi connectivity index (χ3v) is 4.95. The molecule has 1 unspecified atom stereocenters. The average Bonchev–Trinajstić information content (AvgIpc) is 2.91. The van der Waals surface area contributed by atoms with Crippen molar-refractivity contribution in [1.29, 1.82) is 0 Å². The molecular weight excluding hydrogens is 294 g/mol. The van der Waals surface area contributed by atoms with Crippen molar-refractivity contribution < 1.29 is 13.2 Å². The molecule has 1 atom stereocenters. The van der Waals surface area contributed by atoms with E-state index in [4.69, 9.17) is 0 Å². The van der Waals surface area contributed by atoms with Crippen LogP contribution < -0.4 is 5.32 Å². The van der Waals surface area contributed by atoms with Gasteiger partial charge in [0, 0.05) is 19.6 Å². The van der Waals surface area contributed by atoms with Crippen LogP contribution in [-0.2, 0) is 27.9 Å². The molecule has 0 saturated carbocycles. The van der Waals surface area contributed by atoms with Gasteiger partial charge in [-0.25, -0.2) is 12.7 Å². The molecular formula is C12H21N5O3S. The predicted octanol–water partition coefficient (Wildman–Crippen LogP) is -0.414. The van der Waals surface area contributed by atoms with Gasteiger partial charge in [0.2, 0.25) is 15.9 Å². The van der Waals surface area contributed by atoms with Gasteiger partial charge in [0.15, 0.2) is 5.82 Å². The molecule has 0 aliphatic carbocycles. The number of hydrogen-bond acceptors (Lipinski definition) is 5. The number of amides is 1. The number of sulfonamides is 1. The number of piperidine rings is 1. The van der Waals surface area contributed by atoms with Gasteiger partial charge >= 0.3 is 0 Å². The molecule has 0 radical (unpaired) electrons. The highest BCUT2D eigenvalue weighted by molar-refractivity contribution is 7.88. The van der Waals surface area contributed by atoms with E-state index in [1.165, 1.54) is 10.6 Å². The van der Waals surface area contributed by atoms with E-state index >= 15 is 0 Å². The zero-order valence-corrected chi connectivity index (χ0v) is 13.1. The number of carbonyl (C=O) groups excluding carboxylic acids is 1. The van der Waals surface area contributed by atoms with Crippen molar-refractivity contribution in [3.8, 4) is 0 Å². The highest BCUT2D eigenvalue weighted by Gasteiger charge is 2.30. The van der Waals surface area contributed by atoms with Crippen LogP contribution in [-0.4, -0.2) is 52.7 Å². The zero-order valence-electron chi connectivity index (χ0n) is 12.3. The fraction of sp³-hybridized carbons (Fsp3) is 0.750. The molecule has 1 fully saturated rings. The summed E-state index contributed by atoms with van der Waals surface area (Å²) in [5, 5.41) is 10.6. The van der Waals surface area contributed by atoms with E-state index in [-0.39, 0.29) is 18.4 Å². The Morgan fingerprint density at radius 3 is 2.95 bits per heavy atom. The normalized spacial score (nSPS) is 20.4. The van der Waals surface area contributed by atoms with Gasteiger partial charge in [-0.3, -0.25) is 4.79 Å². The van der Waals surface area contributed by atoms with Crippen molar-refractivity contribution in [2.75, 3.05) is 19.3 Å². The van der Waals surface area contributed by atoms with Crippen LogP contribution in [0.15, 0.2) is 6.33 Å². The molecule has 8 nitrogen and oxygen atoms in total. The third kappa shape index (κ3) is 4.01. The molecule has 1 amide bonds. The Morgan fingerprint density at radius 1 is 1.52 bits per heavy atom. The summed E-state index contributed by atoms with van der Waals surface area (Å²) in [6.45, 7) is 3.77. The van der Waals surface area contributed by atoms with Gasteiger partial charge in [-0.1, -0.05) is 0 Å². The molecule has 2 rings (SSSR count). The van der Waals surface area contributed by atoms with E-state index in [0.29, 0.717) is 31.8 Å². The average molecular weight is 315 g/mol. The number of aryl methyl sites for hydroxylation is 1. The van der Waals surface area contributed by atoms with Crippen LogP contribution in [0.2, 0.25) is 0 Å². The summed E-state index contributed by atoms with van der Waals surface area (Å²) < 4.78 is 26.3. The fourth-order valence-corrected chi connectivity index (χ4v) is 3.36. The molecule has 0 spiro atoms. The molecule has 1 aliphatic heterocycles. The zero-order chi connectivity index (χ0) is 15.5. The van der Waals surface area contributed by atoms with E-state index in [1.54, 1.807) is 6.33 Å². The lowest BCUT2D eigenvalue weighted by molar-refractivity contribution is -0.126. The molecule has 1 aromatic rings. The van der Waals surface area contributed by atoms with Crippen molar-refractivity contribution in [3.63, 3.8) is 0 Å².